The molecular weight excluding hydrogens is 413 g/mol. The maximum Gasteiger partial charge on any atom is 0.193 e. The van der Waals surface area contributed by atoms with Gasteiger partial charge < -0.3 is 5.32 Å². The average Bonchev–Trinajstić information content (AvgIpc) is 3.24. The molecule has 9 heteroatoms. The van der Waals surface area contributed by atoms with Crippen LogP contribution in [-0.4, -0.2) is 20.2 Å². The fourth-order valence-corrected chi connectivity index (χ4v) is 4.03. The van der Waals surface area contributed by atoms with Crippen molar-refractivity contribution in [3.05, 3.63) is 63.9 Å². The third-order valence-electron chi connectivity index (χ3n) is 3.51. The summed E-state index contributed by atoms with van der Waals surface area (Å²) in [7, 11) is 0. The van der Waals surface area contributed by atoms with Gasteiger partial charge in [-0.25, -0.2) is 9.97 Å². The second-order valence-corrected chi connectivity index (χ2v) is 7.56. The second-order valence-electron chi connectivity index (χ2n) is 5.28. The molecule has 0 aliphatic carbocycles. The number of aromatic nitrogens is 4. The van der Waals surface area contributed by atoms with Gasteiger partial charge in [-0.3, -0.25) is 5.10 Å². The van der Waals surface area contributed by atoms with E-state index in [1.165, 1.54) is 17.7 Å². The highest BCUT2D eigenvalue weighted by Crippen LogP contribution is 2.41. The summed E-state index contributed by atoms with van der Waals surface area (Å²) in [4.78, 5) is 9.73. The van der Waals surface area contributed by atoms with E-state index in [0.29, 0.717) is 31.7 Å². The molecule has 130 valence electrons. The molecule has 26 heavy (non-hydrogen) atoms. The smallest absolute Gasteiger partial charge is 0.193 e. The number of thiazole rings is 1. The molecule has 2 aromatic heterocycles. The van der Waals surface area contributed by atoms with E-state index in [0.717, 1.165) is 16.1 Å². The van der Waals surface area contributed by atoms with Gasteiger partial charge in [-0.2, -0.15) is 5.10 Å². The molecule has 2 heterocycles. The van der Waals surface area contributed by atoms with Crippen LogP contribution >= 0.6 is 46.1 Å². The average molecular weight is 423 g/mol. The summed E-state index contributed by atoms with van der Waals surface area (Å²) >= 11 is 19.9. The number of hydrogen-bond acceptors (Lipinski definition) is 5. The zero-order valence-electron chi connectivity index (χ0n) is 13.0. The molecular formula is C17H10Cl3N5S. The standard InChI is InChI=1S/C17H10Cl3N5S/c18-9-2-1-3-11(6-9)23-17-24-14(12-5-4-10(19)7-13(12)20)15(26-17)16-21-8-22-25-16/h1-8H,(H,23,24)(H,21,22,25). The SMILES string of the molecule is Clc1cccc(Nc2nc(-c3ccc(Cl)cc3Cl)c(-c3nc[nH]n3)s2)c1. The summed E-state index contributed by atoms with van der Waals surface area (Å²) < 4.78 is 0. The molecule has 0 atom stereocenters. The maximum atomic E-state index is 6.38. The van der Waals surface area contributed by atoms with Gasteiger partial charge in [-0.15, -0.1) is 0 Å². The largest absolute Gasteiger partial charge is 0.331 e. The predicted molar refractivity (Wildman–Crippen MR) is 108 cm³/mol. The lowest BCUT2D eigenvalue weighted by Gasteiger charge is -2.04. The van der Waals surface area contributed by atoms with Crippen molar-refractivity contribution >= 4 is 57.0 Å². The number of halogens is 3. The lowest BCUT2D eigenvalue weighted by Crippen LogP contribution is -1.89. The van der Waals surface area contributed by atoms with Crippen molar-refractivity contribution < 1.29 is 0 Å². The summed E-state index contributed by atoms with van der Waals surface area (Å²) in [6.07, 6.45) is 1.52. The van der Waals surface area contributed by atoms with Crippen LogP contribution in [-0.2, 0) is 0 Å². The highest BCUT2D eigenvalue weighted by molar-refractivity contribution is 7.19. The van der Waals surface area contributed by atoms with Gasteiger partial charge in [0.15, 0.2) is 11.0 Å². The lowest BCUT2D eigenvalue weighted by atomic mass is 10.1. The zero-order chi connectivity index (χ0) is 18.1. The molecule has 0 aliphatic rings. The minimum Gasteiger partial charge on any atom is -0.331 e. The Morgan fingerprint density at radius 1 is 1.00 bits per heavy atom. The Morgan fingerprint density at radius 2 is 1.85 bits per heavy atom. The number of anilines is 2. The van der Waals surface area contributed by atoms with E-state index >= 15 is 0 Å². The van der Waals surface area contributed by atoms with Crippen molar-refractivity contribution in [2.24, 2.45) is 0 Å². The maximum absolute atomic E-state index is 6.38. The van der Waals surface area contributed by atoms with Crippen LogP contribution in [0.5, 0.6) is 0 Å². The van der Waals surface area contributed by atoms with Gasteiger partial charge >= 0.3 is 0 Å². The molecule has 0 amide bonds. The van der Waals surface area contributed by atoms with Crippen LogP contribution in [0.4, 0.5) is 10.8 Å². The number of nitrogens with zero attached hydrogens (tertiary/aromatic N) is 3. The molecule has 0 saturated carbocycles. The summed E-state index contributed by atoms with van der Waals surface area (Å²) in [5.74, 6) is 0.544. The van der Waals surface area contributed by atoms with Crippen molar-refractivity contribution in [1.82, 2.24) is 20.2 Å². The lowest BCUT2D eigenvalue weighted by molar-refractivity contribution is 1.10. The van der Waals surface area contributed by atoms with Crippen LogP contribution in [0.2, 0.25) is 15.1 Å². The molecule has 2 N–H and O–H groups in total. The van der Waals surface area contributed by atoms with Crippen LogP contribution < -0.4 is 5.32 Å². The molecule has 0 saturated heterocycles. The Balaban J connectivity index is 1.80. The Labute approximate surface area is 168 Å². The monoisotopic (exact) mass is 421 g/mol. The summed E-state index contributed by atoms with van der Waals surface area (Å²) in [5.41, 5.74) is 2.27. The predicted octanol–water partition coefficient (Wildman–Crippen LogP) is 6.30. The van der Waals surface area contributed by atoms with Crippen LogP contribution in [0.25, 0.3) is 22.0 Å². The molecule has 0 radical (unpaired) electrons. The molecule has 2 aromatic carbocycles. The third-order valence-corrected chi connectivity index (χ3v) is 5.26. The van der Waals surface area contributed by atoms with Gasteiger partial charge in [0.1, 0.15) is 11.2 Å². The molecule has 0 aliphatic heterocycles. The fourth-order valence-electron chi connectivity index (χ4n) is 2.40. The van der Waals surface area contributed by atoms with Gasteiger partial charge in [0.25, 0.3) is 0 Å². The highest BCUT2D eigenvalue weighted by Gasteiger charge is 2.20. The number of aromatic amines is 1. The van der Waals surface area contributed by atoms with Crippen LogP contribution in [0.15, 0.2) is 48.8 Å². The van der Waals surface area contributed by atoms with Gasteiger partial charge in [0.05, 0.1) is 10.7 Å². The molecule has 5 nitrogen and oxygen atoms in total. The molecule has 0 bridgehead atoms. The van der Waals surface area contributed by atoms with Crippen LogP contribution in [0.3, 0.4) is 0 Å². The Bertz CT molecular complexity index is 1060. The first kappa shape index (κ1) is 17.3. The van der Waals surface area contributed by atoms with Crippen molar-refractivity contribution in [1.29, 1.82) is 0 Å². The molecule has 4 aromatic rings. The van der Waals surface area contributed by atoms with Gasteiger partial charge in [-0.1, -0.05) is 52.2 Å². The summed E-state index contributed by atoms with van der Waals surface area (Å²) in [6.45, 7) is 0. The number of rotatable bonds is 4. The minimum absolute atomic E-state index is 0.508. The normalized spacial score (nSPS) is 10.9. The number of H-pyrrole nitrogens is 1. The van der Waals surface area contributed by atoms with E-state index in [1.54, 1.807) is 12.1 Å². The van der Waals surface area contributed by atoms with Crippen molar-refractivity contribution in [2.45, 2.75) is 0 Å². The van der Waals surface area contributed by atoms with Gasteiger partial charge in [-0.05, 0) is 36.4 Å². The zero-order valence-corrected chi connectivity index (χ0v) is 16.1. The molecule has 0 spiro atoms. The Kier molecular flexibility index (Phi) is 4.82. The highest BCUT2D eigenvalue weighted by atomic mass is 35.5. The van der Waals surface area contributed by atoms with Crippen molar-refractivity contribution in [3.8, 4) is 22.0 Å². The van der Waals surface area contributed by atoms with Crippen molar-refractivity contribution in [3.63, 3.8) is 0 Å². The minimum atomic E-state index is 0.508. The topological polar surface area (TPSA) is 66.5 Å². The van der Waals surface area contributed by atoms with E-state index in [1.807, 2.05) is 30.3 Å². The van der Waals surface area contributed by atoms with Crippen LogP contribution in [0, 0.1) is 0 Å². The quantitative estimate of drug-likeness (QED) is 0.405. The van der Waals surface area contributed by atoms with Gasteiger partial charge in [0, 0.05) is 21.3 Å². The van der Waals surface area contributed by atoms with E-state index in [-0.39, 0.29) is 0 Å². The van der Waals surface area contributed by atoms with E-state index in [4.69, 9.17) is 39.8 Å². The fraction of sp³-hybridized carbons (Fsp3) is 0. The number of benzene rings is 2. The Morgan fingerprint density at radius 3 is 2.58 bits per heavy atom. The Hall–Kier alpha value is -2.12. The first-order chi connectivity index (χ1) is 12.6. The molecule has 0 fully saturated rings. The first-order valence-electron chi connectivity index (χ1n) is 7.45. The van der Waals surface area contributed by atoms with E-state index in [2.05, 4.69) is 20.5 Å². The number of nitrogens with one attached hydrogen (secondary N) is 2. The summed E-state index contributed by atoms with van der Waals surface area (Å²) in [6, 6.07) is 12.7. The summed E-state index contributed by atoms with van der Waals surface area (Å²) in [5, 5.41) is 12.5. The molecule has 0 unspecified atom stereocenters. The number of hydrogen-bond donors (Lipinski definition) is 2. The van der Waals surface area contributed by atoms with E-state index < -0.39 is 0 Å². The third kappa shape index (κ3) is 3.54. The second kappa shape index (κ2) is 7.25. The van der Waals surface area contributed by atoms with Gasteiger partial charge in [0.2, 0.25) is 0 Å². The van der Waals surface area contributed by atoms with Crippen LogP contribution in [0.1, 0.15) is 0 Å². The van der Waals surface area contributed by atoms with Crippen molar-refractivity contribution in [2.75, 3.05) is 5.32 Å². The molecule has 4 rings (SSSR count). The van der Waals surface area contributed by atoms with E-state index in [9.17, 15) is 0 Å². The first-order valence-corrected chi connectivity index (χ1v) is 9.40.